The van der Waals surface area contributed by atoms with Crippen molar-refractivity contribution in [1.29, 1.82) is 0 Å². The van der Waals surface area contributed by atoms with Gasteiger partial charge < -0.3 is 4.52 Å². The molecule has 1 atom stereocenters. The minimum atomic E-state index is 0.359. The van der Waals surface area contributed by atoms with Gasteiger partial charge in [0.25, 0.3) is 0 Å². The van der Waals surface area contributed by atoms with Crippen LogP contribution in [0, 0.1) is 13.8 Å². The lowest BCUT2D eigenvalue weighted by molar-refractivity contribution is 0.246. The number of nitrogens with zero attached hydrogens (tertiary/aromatic N) is 4. The number of thiophene rings is 1. The summed E-state index contributed by atoms with van der Waals surface area (Å²) in [5.74, 6) is 0.942. The van der Waals surface area contributed by atoms with Gasteiger partial charge in [-0.2, -0.15) is 5.10 Å². The molecule has 1 aromatic carbocycles. The van der Waals surface area contributed by atoms with E-state index in [4.69, 9.17) is 9.62 Å². The van der Waals surface area contributed by atoms with Gasteiger partial charge in [0.05, 0.1) is 16.3 Å². The van der Waals surface area contributed by atoms with Crippen LogP contribution in [0.15, 0.2) is 58.6 Å². The third kappa shape index (κ3) is 3.43. The maximum absolute atomic E-state index is 5.46. The number of rotatable bonds is 5. The van der Waals surface area contributed by atoms with Crippen molar-refractivity contribution < 1.29 is 4.52 Å². The number of aromatic nitrogens is 3. The zero-order valence-electron chi connectivity index (χ0n) is 16.7. The summed E-state index contributed by atoms with van der Waals surface area (Å²) in [7, 11) is 0. The van der Waals surface area contributed by atoms with Crippen molar-refractivity contribution >= 4 is 11.3 Å². The van der Waals surface area contributed by atoms with E-state index in [0.29, 0.717) is 6.04 Å². The first-order chi connectivity index (χ1) is 14.2. The van der Waals surface area contributed by atoms with Gasteiger partial charge in [-0.25, -0.2) is 4.68 Å². The Hall–Kier alpha value is -2.70. The van der Waals surface area contributed by atoms with Gasteiger partial charge in [0.15, 0.2) is 0 Å². The van der Waals surface area contributed by atoms with Crippen molar-refractivity contribution in [3.63, 3.8) is 0 Å². The first-order valence-electron chi connectivity index (χ1n) is 10.1. The van der Waals surface area contributed by atoms with E-state index in [0.717, 1.165) is 42.3 Å². The molecule has 0 aliphatic carbocycles. The van der Waals surface area contributed by atoms with Crippen molar-refractivity contribution in [1.82, 2.24) is 19.8 Å². The second-order valence-corrected chi connectivity index (χ2v) is 8.57. The SMILES string of the molecule is Cc1noc(C)c1[C@H]1CCCN1Cc1cn(-c2ccccc2)nc1-c1cccs1. The standard InChI is InChI=1S/C23H24N4OS/c1-16-22(17(2)28-25-16)20-10-6-12-26(20)14-18-15-27(19-8-4-3-5-9-19)24-23(18)21-11-7-13-29-21/h3-5,7-9,11,13,15,20H,6,10,12,14H2,1-2H3/t20-/m1/s1. The molecule has 4 heterocycles. The molecule has 0 spiro atoms. The number of likely N-dealkylation sites (tertiary alicyclic amines) is 1. The molecule has 5 rings (SSSR count). The van der Waals surface area contributed by atoms with Gasteiger partial charge in [-0.15, -0.1) is 11.3 Å². The molecule has 29 heavy (non-hydrogen) atoms. The lowest BCUT2D eigenvalue weighted by Gasteiger charge is -2.24. The monoisotopic (exact) mass is 404 g/mol. The second-order valence-electron chi connectivity index (χ2n) is 7.63. The fraction of sp³-hybridized carbons (Fsp3) is 0.304. The van der Waals surface area contributed by atoms with Crippen LogP contribution < -0.4 is 0 Å². The van der Waals surface area contributed by atoms with Crippen molar-refractivity contribution in [3.05, 3.63) is 76.6 Å². The molecule has 0 amide bonds. The molecule has 0 bridgehead atoms. The van der Waals surface area contributed by atoms with Crippen LogP contribution in [0.5, 0.6) is 0 Å². The molecule has 1 aliphatic rings. The van der Waals surface area contributed by atoms with E-state index >= 15 is 0 Å². The second kappa shape index (κ2) is 7.61. The summed E-state index contributed by atoms with van der Waals surface area (Å²) in [6, 6.07) is 14.9. The highest BCUT2D eigenvalue weighted by atomic mass is 32.1. The van der Waals surface area contributed by atoms with E-state index in [-0.39, 0.29) is 0 Å². The Morgan fingerprint density at radius 2 is 2.00 bits per heavy atom. The van der Waals surface area contributed by atoms with Crippen molar-refractivity contribution in [2.75, 3.05) is 6.54 Å². The fourth-order valence-corrected chi connectivity index (χ4v) is 5.13. The fourth-order valence-electron chi connectivity index (χ4n) is 4.39. The molecular weight excluding hydrogens is 380 g/mol. The molecule has 1 fully saturated rings. The summed E-state index contributed by atoms with van der Waals surface area (Å²) < 4.78 is 7.46. The zero-order chi connectivity index (χ0) is 19.8. The first-order valence-corrected chi connectivity index (χ1v) is 10.9. The van der Waals surface area contributed by atoms with Gasteiger partial charge in [-0.05, 0) is 56.8 Å². The third-order valence-electron chi connectivity index (χ3n) is 5.72. The molecule has 4 aromatic rings. The van der Waals surface area contributed by atoms with Gasteiger partial charge in [-0.1, -0.05) is 29.4 Å². The highest BCUT2D eigenvalue weighted by Gasteiger charge is 2.31. The predicted octanol–water partition coefficient (Wildman–Crippen LogP) is 5.54. The van der Waals surface area contributed by atoms with Gasteiger partial charge in [0.2, 0.25) is 0 Å². The number of hydrogen-bond acceptors (Lipinski definition) is 5. The summed E-state index contributed by atoms with van der Waals surface area (Å²) in [6.07, 6.45) is 4.52. The van der Waals surface area contributed by atoms with Gasteiger partial charge >= 0.3 is 0 Å². The minimum Gasteiger partial charge on any atom is -0.361 e. The van der Waals surface area contributed by atoms with Crippen LogP contribution >= 0.6 is 11.3 Å². The van der Waals surface area contributed by atoms with E-state index < -0.39 is 0 Å². The third-order valence-corrected chi connectivity index (χ3v) is 6.60. The molecule has 0 unspecified atom stereocenters. The Morgan fingerprint density at radius 3 is 2.72 bits per heavy atom. The minimum absolute atomic E-state index is 0.359. The topological polar surface area (TPSA) is 47.1 Å². The van der Waals surface area contributed by atoms with Crippen molar-refractivity contribution in [3.8, 4) is 16.3 Å². The van der Waals surface area contributed by atoms with Crippen LogP contribution in [-0.2, 0) is 6.54 Å². The molecule has 0 saturated carbocycles. The number of benzene rings is 1. The lowest BCUT2D eigenvalue weighted by Crippen LogP contribution is -2.23. The van der Waals surface area contributed by atoms with Gasteiger partial charge in [0.1, 0.15) is 11.5 Å². The normalized spacial score (nSPS) is 17.2. The average molecular weight is 405 g/mol. The Bertz CT molecular complexity index is 1080. The van der Waals surface area contributed by atoms with Crippen LogP contribution in [0.3, 0.4) is 0 Å². The maximum atomic E-state index is 5.46. The van der Waals surface area contributed by atoms with Crippen LogP contribution in [-0.4, -0.2) is 26.4 Å². The quantitative estimate of drug-likeness (QED) is 0.438. The summed E-state index contributed by atoms with van der Waals surface area (Å²) in [5, 5.41) is 11.3. The summed E-state index contributed by atoms with van der Waals surface area (Å²) >= 11 is 1.74. The highest BCUT2D eigenvalue weighted by Crippen LogP contribution is 2.38. The average Bonchev–Trinajstić information content (AvgIpc) is 3.52. The summed E-state index contributed by atoms with van der Waals surface area (Å²) in [5.41, 5.74) is 5.69. The molecule has 3 aromatic heterocycles. The summed E-state index contributed by atoms with van der Waals surface area (Å²) in [6.45, 7) is 6.02. The largest absolute Gasteiger partial charge is 0.361 e. The van der Waals surface area contributed by atoms with E-state index in [2.05, 4.69) is 58.0 Å². The van der Waals surface area contributed by atoms with E-state index in [1.54, 1.807) is 11.3 Å². The molecule has 148 valence electrons. The molecule has 5 nitrogen and oxygen atoms in total. The molecular formula is C23H24N4OS. The zero-order valence-corrected chi connectivity index (χ0v) is 17.5. The smallest absolute Gasteiger partial charge is 0.138 e. The Kier molecular flexibility index (Phi) is 4.81. The molecule has 6 heteroatoms. The molecule has 0 N–H and O–H groups in total. The highest BCUT2D eigenvalue weighted by molar-refractivity contribution is 7.13. The van der Waals surface area contributed by atoms with Gasteiger partial charge in [0, 0.05) is 29.9 Å². The molecule has 0 radical (unpaired) electrons. The Balaban J connectivity index is 1.51. The maximum Gasteiger partial charge on any atom is 0.138 e. The summed E-state index contributed by atoms with van der Waals surface area (Å²) in [4.78, 5) is 3.76. The molecule has 1 aliphatic heterocycles. The van der Waals surface area contributed by atoms with Crippen LogP contribution in [0.1, 0.15) is 41.5 Å². The first kappa shape index (κ1) is 18.3. The Labute approximate surface area is 174 Å². The number of para-hydroxylation sites is 1. The van der Waals surface area contributed by atoms with Crippen LogP contribution in [0.25, 0.3) is 16.3 Å². The van der Waals surface area contributed by atoms with Crippen LogP contribution in [0.4, 0.5) is 0 Å². The van der Waals surface area contributed by atoms with Crippen molar-refractivity contribution in [2.24, 2.45) is 0 Å². The molecule has 1 saturated heterocycles. The van der Waals surface area contributed by atoms with E-state index in [9.17, 15) is 0 Å². The predicted molar refractivity (Wildman–Crippen MR) is 115 cm³/mol. The van der Waals surface area contributed by atoms with Crippen LogP contribution in [0.2, 0.25) is 0 Å². The lowest BCUT2D eigenvalue weighted by atomic mass is 10.0. The van der Waals surface area contributed by atoms with Gasteiger partial charge in [-0.3, -0.25) is 4.90 Å². The number of hydrogen-bond donors (Lipinski definition) is 0. The van der Waals surface area contributed by atoms with E-state index in [1.165, 1.54) is 22.4 Å². The van der Waals surface area contributed by atoms with E-state index in [1.807, 2.05) is 24.6 Å². The van der Waals surface area contributed by atoms with Crippen molar-refractivity contribution in [2.45, 2.75) is 39.3 Å². The number of aryl methyl sites for hydroxylation is 2. The Morgan fingerprint density at radius 1 is 1.14 bits per heavy atom.